The Hall–Kier alpha value is -0.320. The van der Waals surface area contributed by atoms with Crippen LogP contribution in [-0.2, 0) is 9.53 Å². The first-order valence-electron chi connectivity index (χ1n) is 5.63. The molecule has 0 heterocycles. The average molecular weight is 246 g/mol. The van der Waals surface area contributed by atoms with Gasteiger partial charge in [-0.2, -0.15) is 0 Å². The standard InChI is InChI=1S/C12H22O3S/c1-10(2)12(14)16-9-5-4-6-11(3)15-8-7-13/h11,13H,1,4-9H2,2-3H3. The van der Waals surface area contributed by atoms with E-state index in [1.807, 2.05) is 6.92 Å². The number of carbonyl (C=O) groups is 1. The normalized spacial score (nSPS) is 12.4. The van der Waals surface area contributed by atoms with Gasteiger partial charge in [0.15, 0.2) is 0 Å². The molecule has 0 spiro atoms. The zero-order chi connectivity index (χ0) is 12.4. The van der Waals surface area contributed by atoms with Gasteiger partial charge >= 0.3 is 0 Å². The van der Waals surface area contributed by atoms with Crippen LogP contribution in [0.15, 0.2) is 12.2 Å². The molecule has 1 unspecified atom stereocenters. The SMILES string of the molecule is C=C(C)C(=O)SCCCCC(C)OCCO. The molecule has 0 amide bonds. The molecule has 0 fully saturated rings. The quantitative estimate of drug-likeness (QED) is 0.501. The van der Waals surface area contributed by atoms with E-state index in [1.54, 1.807) is 6.92 Å². The highest BCUT2D eigenvalue weighted by Gasteiger charge is 2.04. The fourth-order valence-corrected chi connectivity index (χ4v) is 1.94. The van der Waals surface area contributed by atoms with E-state index in [1.165, 1.54) is 11.8 Å². The molecule has 0 rings (SSSR count). The molecule has 4 heteroatoms. The Kier molecular flexibility index (Phi) is 9.68. The lowest BCUT2D eigenvalue weighted by Crippen LogP contribution is -2.11. The third-order valence-corrected chi connectivity index (χ3v) is 3.18. The monoisotopic (exact) mass is 246 g/mol. The minimum absolute atomic E-state index is 0.0767. The largest absolute Gasteiger partial charge is 0.394 e. The van der Waals surface area contributed by atoms with Crippen molar-refractivity contribution in [3.63, 3.8) is 0 Å². The fourth-order valence-electron chi connectivity index (χ4n) is 1.16. The van der Waals surface area contributed by atoms with E-state index in [2.05, 4.69) is 6.58 Å². The van der Waals surface area contributed by atoms with Gasteiger partial charge in [0.25, 0.3) is 0 Å². The van der Waals surface area contributed by atoms with E-state index >= 15 is 0 Å². The van der Waals surface area contributed by atoms with Gasteiger partial charge in [-0.15, -0.1) is 0 Å². The summed E-state index contributed by atoms with van der Waals surface area (Å²) in [6, 6.07) is 0. The summed E-state index contributed by atoms with van der Waals surface area (Å²) in [7, 11) is 0. The Morgan fingerprint density at radius 1 is 1.50 bits per heavy atom. The van der Waals surface area contributed by atoms with Gasteiger partial charge in [0, 0.05) is 5.75 Å². The number of rotatable bonds is 9. The summed E-state index contributed by atoms with van der Waals surface area (Å²) in [5.41, 5.74) is 0.615. The Morgan fingerprint density at radius 2 is 2.19 bits per heavy atom. The summed E-state index contributed by atoms with van der Waals surface area (Å²) in [6.45, 7) is 7.82. The smallest absolute Gasteiger partial charge is 0.214 e. The fraction of sp³-hybridized carbons (Fsp3) is 0.750. The summed E-state index contributed by atoms with van der Waals surface area (Å²) in [4.78, 5) is 11.2. The van der Waals surface area contributed by atoms with Gasteiger partial charge in [-0.3, -0.25) is 4.79 Å². The summed E-state index contributed by atoms with van der Waals surface area (Å²) in [6.07, 6.45) is 3.22. The van der Waals surface area contributed by atoms with Crippen LogP contribution < -0.4 is 0 Å². The number of aliphatic hydroxyl groups is 1. The molecule has 0 aliphatic carbocycles. The summed E-state index contributed by atoms with van der Waals surface area (Å²) in [5.74, 6) is 0.846. The molecule has 0 aliphatic heterocycles. The number of hydrogen-bond donors (Lipinski definition) is 1. The maximum atomic E-state index is 11.2. The van der Waals surface area contributed by atoms with E-state index < -0.39 is 0 Å². The van der Waals surface area contributed by atoms with Crippen LogP contribution in [0.25, 0.3) is 0 Å². The van der Waals surface area contributed by atoms with Gasteiger partial charge < -0.3 is 9.84 Å². The van der Waals surface area contributed by atoms with Crippen molar-refractivity contribution < 1.29 is 14.6 Å². The molecule has 0 bridgehead atoms. The lowest BCUT2D eigenvalue weighted by Gasteiger charge is -2.11. The van der Waals surface area contributed by atoms with Crippen LogP contribution in [0.3, 0.4) is 0 Å². The van der Waals surface area contributed by atoms with E-state index in [4.69, 9.17) is 9.84 Å². The van der Waals surface area contributed by atoms with Gasteiger partial charge in [0.2, 0.25) is 5.12 Å². The number of hydrogen-bond acceptors (Lipinski definition) is 4. The Bertz CT molecular complexity index is 216. The third kappa shape index (κ3) is 8.95. The maximum absolute atomic E-state index is 11.2. The van der Waals surface area contributed by atoms with Crippen LogP contribution in [0.2, 0.25) is 0 Å². The van der Waals surface area contributed by atoms with E-state index in [-0.39, 0.29) is 17.8 Å². The highest BCUT2D eigenvalue weighted by Crippen LogP contribution is 2.13. The molecule has 0 saturated carbocycles. The second-order valence-electron chi connectivity index (χ2n) is 3.82. The lowest BCUT2D eigenvalue weighted by molar-refractivity contribution is -0.107. The molecule has 1 N–H and O–H groups in total. The second kappa shape index (κ2) is 9.87. The molecule has 0 radical (unpaired) electrons. The first-order chi connectivity index (χ1) is 7.57. The lowest BCUT2D eigenvalue weighted by atomic mass is 10.2. The molecule has 16 heavy (non-hydrogen) atoms. The molecule has 0 aromatic heterocycles. The van der Waals surface area contributed by atoms with E-state index in [0.717, 1.165) is 25.0 Å². The average Bonchev–Trinajstić information content (AvgIpc) is 2.25. The summed E-state index contributed by atoms with van der Waals surface area (Å²) < 4.78 is 5.32. The molecule has 1 atom stereocenters. The zero-order valence-corrected chi connectivity index (χ0v) is 11.0. The van der Waals surface area contributed by atoms with E-state index in [0.29, 0.717) is 12.2 Å². The van der Waals surface area contributed by atoms with E-state index in [9.17, 15) is 4.79 Å². The number of carbonyl (C=O) groups excluding carboxylic acids is 1. The number of aliphatic hydroxyl groups excluding tert-OH is 1. The van der Waals surface area contributed by atoms with Crippen molar-refractivity contribution in [2.24, 2.45) is 0 Å². The molecule has 3 nitrogen and oxygen atoms in total. The first-order valence-corrected chi connectivity index (χ1v) is 6.61. The van der Waals surface area contributed by atoms with Crippen molar-refractivity contribution in [1.29, 1.82) is 0 Å². The Balaban J connectivity index is 3.33. The number of thioether (sulfide) groups is 1. The van der Waals surface area contributed by atoms with Gasteiger partial charge in [0.05, 0.1) is 19.3 Å². The van der Waals surface area contributed by atoms with Gasteiger partial charge in [-0.25, -0.2) is 0 Å². The molecule has 0 aliphatic rings. The summed E-state index contributed by atoms with van der Waals surface area (Å²) >= 11 is 1.33. The Labute approximate surface area is 102 Å². The number of unbranched alkanes of at least 4 members (excludes halogenated alkanes) is 1. The minimum Gasteiger partial charge on any atom is -0.394 e. The molecule has 94 valence electrons. The van der Waals surface area contributed by atoms with Crippen molar-refractivity contribution in [2.75, 3.05) is 19.0 Å². The van der Waals surface area contributed by atoms with Crippen molar-refractivity contribution >= 4 is 16.9 Å². The van der Waals surface area contributed by atoms with Crippen molar-refractivity contribution in [1.82, 2.24) is 0 Å². The molecular formula is C12H22O3S. The van der Waals surface area contributed by atoms with Gasteiger partial charge in [-0.1, -0.05) is 24.8 Å². The predicted molar refractivity (Wildman–Crippen MR) is 68.6 cm³/mol. The zero-order valence-electron chi connectivity index (χ0n) is 10.2. The molecular weight excluding hydrogens is 224 g/mol. The molecule has 0 aromatic rings. The minimum atomic E-state index is 0.0767. The van der Waals surface area contributed by atoms with Crippen LogP contribution in [0.1, 0.15) is 33.1 Å². The summed E-state index contributed by atoms with van der Waals surface area (Å²) in [5, 5.41) is 8.65. The highest BCUT2D eigenvalue weighted by atomic mass is 32.2. The first kappa shape index (κ1) is 15.7. The van der Waals surface area contributed by atoms with Gasteiger partial charge in [-0.05, 0) is 32.3 Å². The maximum Gasteiger partial charge on any atom is 0.214 e. The van der Waals surface area contributed by atoms with Crippen molar-refractivity contribution in [3.05, 3.63) is 12.2 Å². The molecule has 0 saturated heterocycles. The van der Waals surface area contributed by atoms with Crippen molar-refractivity contribution in [2.45, 2.75) is 39.2 Å². The third-order valence-electron chi connectivity index (χ3n) is 2.08. The van der Waals surface area contributed by atoms with Gasteiger partial charge in [0.1, 0.15) is 0 Å². The van der Waals surface area contributed by atoms with Crippen LogP contribution in [-0.4, -0.2) is 35.3 Å². The molecule has 0 aromatic carbocycles. The van der Waals surface area contributed by atoms with Crippen LogP contribution >= 0.6 is 11.8 Å². The predicted octanol–water partition coefficient (Wildman–Crippen LogP) is 2.39. The highest BCUT2D eigenvalue weighted by molar-refractivity contribution is 8.14. The number of ether oxygens (including phenoxy) is 1. The van der Waals surface area contributed by atoms with Crippen molar-refractivity contribution in [3.8, 4) is 0 Å². The Morgan fingerprint density at radius 3 is 2.75 bits per heavy atom. The second-order valence-corrected chi connectivity index (χ2v) is 4.88. The van der Waals surface area contributed by atoms with Crippen LogP contribution in [0, 0.1) is 0 Å². The van der Waals surface area contributed by atoms with Crippen LogP contribution in [0.4, 0.5) is 0 Å². The topological polar surface area (TPSA) is 46.5 Å². The van der Waals surface area contributed by atoms with Crippen LogP contribution in [0.5, 0.6) is 0 Å².